The molecule has 0 spiro atoms. The van der Waals surface area contributed by atoms with Gasteiger partial charge < -0.3 is 37.9 Å². The maximum atomic E-state index is 12.7. The van der Waals surface area contributed by atoms with Crippen molar-refractivity contribution in [2.24, 2.45) is 0 Å². The number of carbonyl (C=O) groups is 4. The van der Waals surface area contributed by atoms with E-state index in [0.717, 1.165) is 50.7 Å². The van der Waals surface area contributed by atoms with E-state index in [4.69, 9.17) is 37.9 Å². The molecule has 1 aliphatic carbocycles. The van der Waals surface area contributed by atoms with Crippen LogP contribution in [0.4, 0.5) is 9.59 Å². The van der Waals surface area contributed by atoms with Crippen molar-refractivity contribution >= 4 is 35.0 Å². The van der Waals surface area contributed by atoms with E-state index in [1.807, 2.05) is 42.5 Å². The van der Waals surface area contributed by atoms with Crippen LogP contribution in [0, 0.1) is 0 Å². The van der Waals surface area contributed by atoms with Gasteiger partial charge in [-0.25, -0.2) is 19.2 Å². The topological polar surface area (TPSA) is 142 Å². The fourth-order valence-electron chi connectivity index (χ4n) is 6.88. The Morgan fingerprint density at radius 2 is 1.15 bits per heavy atom. The number of fused-ring (bicyclic) bond motifs is 4. The van der Waals surface area contributed by atoms with Gasteiger partial charge in [0.25, 0.3) is 0 Å². The fraction of sp³-hybridized carbons (Fsp3) is 0.250. The van der Waals surface area contributed by atoms with Crippen LogP contribution < -0.4 is 14.2 Å². The van der Waals surface area contributed by atoms with Crippen molar-refractivity contribution in [3.63, 3.8) is 0 Å². The predicted octanol–water partition coefficient (Wildman–Crippen LogP) is 9.88. The Bertz CT molecular complexity index is 2300. The van der Waals surface area contributed by atoms with E-state index in [0.29, 0.717) is 42.8 Å². The first-order chi connectivity index (χ1) is 29.1. The summed E-state index contributed by atoms with van der Waals surface area (Å²) >= 11 is 0. The molecule has 4 aromatic rings. The lowest BCUT2D eigenvalue weighted by atomic mass is 9.67. The quantitative estimate of drug-likeness (QED) is 0.0159. The molecule has 0 amide bonds. The average molecular weight is 817 g/mol. The first-order valence-electron chi connectivity index (χ1n) is 19.3. The average Bonchev–Trinajstić information content (AvgIpc) is 3.54. The molecule has 0 bridgehead atoms. The Kier molecular flexibility index (Phi) is 15.5. The summed E-state index contributed by atoms with van der Waals surface area (Å²) in [7, 11) is 3.16. The third-order valence-electron chi connectivity index (χ3n) is 9.75. The van der Waals surface area contributed by atoms with Gasteiger partial charge in [0.1, 0.15) is 11.5 Å². The lowest BCUT2D eigenvalue weighted by molar-refractivity contribution is -0.138. The number of hydrogen-bond donors (Lipinski definition) is 0. The molecule has 0 fully saturated rings. The summed E-state index contributed by atoms with van der Waals surface area (Å²) in [6, 6.07) is 23.4. The van der Waals surface area contributed by atoms with E-state index in [2.05, 4.69) is 37.9 Å². The normalized spacial score (nSPS) is 14.0. The lowest BCUT2D eigenvalue weighted by Gasteiger charge is -2.34. The summed E-state index contributed by atoms with van der Waals surface area (Å²) in [6.07, 6.45) is 7.41. The molecule has 0 aliphatic heterocycles. The van der Waals surface area contributed by atoms with Gasteiger partial charge in [-0.2, -0.15) is 0 Å². The number of allylic oxidation sites excluding steroid dienone is 4. The van der Waals surface area contributed by atoms with Gasteiger partial charge in [-0.3, -0.25) is 0 Å². The van der Waals surface area contributed by atoms with E-state index < -0.39 is 29.7 Å². The van der Waals surface area contributed by atoms with Crippen LogP contribution in [0.15, 0.2) is 134 Å². The zero-order valence-corrected chi connectivity index (χ0v) is 34.0. The molecule has 1 unspecified atom stereocenters. The van der Waals surface area contributed by atoms with E-state index in [1.165, 1.54) is 0 Å². The van der Waals surface area contributed by atoms with Crippen LogP contribution in [-0.2, 0) is 38.7 Å². The maximum Gasteiger partial charge on any atom is 0.513 e. The first-order valence-corrected chi connectivity index (χ1v) is 19.3. The molecule has 1 atom stereocenters. The monoisotopic (exact) mass is 816 g/mol. The van der Waals surface area contributed by atoms with Gasteiger partial charge in [0.15, 0.2) is 11.5 Å². The number of unbranched alkanes of at least 4 members (excludes halogenated alkanes) is 2. The molecule has 5 rings (SSSR count). The molecule has 0 N–H and O–H groups in total. The summed E-state index contributed by atoms with van der Waals surface area (Å²) in [5.74, 6) is 0.509. The number of hydrogen-bond acceptors (Lipinski definition) is 12. The summed E-state index contributed by atoms with van der Waals surface area (Å²) < 4.78 is 43.1. The van der Waals surface area contributed by atoms with Crippen molar-refractivity contribution in [3.8, 4) is 28.4 Å². The highest BCUT2D eigenvalue weighted by atomic mass is 16.7. The number of methoxy groups -OCH3 is 2. The minimum Gasteiger partial charge on any atom is -0.493 e. The highest BCUT2D eigenvalue weighted by molar-refractivity contribution is 5.96. The molecule has 1 aliphatic rings. The molecule has 4 aromatic carbocycles. The van der Waals surface area contributed by atoms with Gasteiger partial charge in [0.2, 0.25) is 0 Å². The number of ether oxygens (including phenoxy) is 8. The van der Waals surface area contributed by atoms with Crippen molar-refractivity contribution in [1.29, 1.82) is 0 Å². The second-order valence-corrected chi connectivity index (χ2v) is 13.4. The van der Waals surface area contributed by atoms with Crippen molar-refractivity contribution in [2.45, 2.75) is 38.0 Å². The maximum absolute atomic E-state index is 12.7. The smallest absolute Gasteiger partial charge is 0.493 e. The summed E-state index contributed by atoms with van der Waals surface area (Å²) in [5, 5.41) is 2.04. The standard InChI is InChI=1S/C48H48O12/c1-7-36(59-46(51)57-26-14-12-24-55-44(49)8-2)21-18-32(4)48(35-19-22-37(23-20-35)60-47(52)58-27-15-13-25-56-45(50)9-3)40-29-34-17-11-10-16-33(34)28-38(40)39-30-42(53-5)43(54-6)31-41(39)48/h7-11,16-23,28-31H,2-4,12-15,24-27H2,1,5-6H3/b21-18-,36-7+. The van der Waals surface area contributed by atoms with Crippen LogP contribution >= 0.6 is 0 Å². The molecule has 0 heterocycles. The molecule has 312 valence electrons. The number of esters is 2. The van der Waals surface area contributed by atoms with E-state index in [1.54, 1.807) is 51.5 Å². The zero-order chi connectivity index (χ0) is 43.1. The Balaban J connectivity index is 1.46. The van der Waals surface area contributed by atoms with Crippen LogP contribution in [0.25, 0.3) is 21.9 Å². The van der Waals surface area contributed by atoms with Gasteiger partial charge in [-0.05, 0) is 125 Å². The minimum atomic E-state index is -1.05. The van der Waals surface area contributed by atoms with Gasteiger partial charge in [0, 0.05) is 12.2 Å². The highest BCUT2D eigenvalue weighted by Crippen LogP contribution is 2.59. The van der Waals surface area contributed by atoms with Crippen molar-refractivity contribution in [3.05, 3.63) is 151 Å². The summed E-state index contributed by atoms with van der Waals surface area (Å²) in [5.41, 5.74) is 3.98. The Morgan fingerprint density at radius 3 is 1.72 bits per heavy atom. The van der Waals surface area contributed by atoms with Crippen LogP contribution in [0.5, 0.6) is 17.2 Å². The van der Waals surface area contributed by atoms with Gasteiger partial charge in [-0.1, -0.05) is 62.2 Å². The van der Waals surface area contributed by atoms with E-state index >= 15 is 0 Å². The third kappa shape index (κ3) is 10.3. The van der Waals surface area contributed by atoms with Crippen LogP contribution in [0.2, 0.25) is 0 Å². The fourth-order valence-corrected chi connectivity index (χ4v) is 6.88. The largest absolute Gasteiger partial charge is 0.513 e. The van der Waals surface area contributed by atoms with Crippen LogP contribution in [0.3, 0.4) is 0 Å². The van der Waals surface area contributed by atoms with Gasteiger partial charge in [-0.15, -0.1) is 0 Å². The summed E-state index contributed by atoms with van der Waals surface area (Å²) in [6.45, 7) is 13.6. The van der Waals surface area contributed by atoms with Gasteiger partial charge >= 0.3 is 24.2 Å². The molecule has 0 saturated carbocycles. The van der Waals surface area contributed by atoms with Crippen molar-refractivity contribution < 1.29 is 57.1 Å². The number of carbonyl (C=O) groups excluding carboxylic acids is 4. The second-order valence-electron chi connectivity index (χ2n) is 13.4. The Labute approximate surface area is 349 Å². The predicted molar refractivity (Wildman–Crippen MR) is 226 cm³/mol. The molecular weight excluding hydrogens is 769 g/mol. The third-order valence-corrected chi connectivity index (χ3v) is 9.75. The highest BCUT2D eigenvalue weighted by Gasteiger charge is 2.47. The molecule has 12 nitrogen and oxygen atoms in total. The molecule has 12 heteroatoms. The van der Waals surface area contributed by atoms with E-state index in [-0.39, 0.29) is 37.9 Å². The number of benzene rings is 4. The lowest BCUT2D eigenvalue weighted by Crippen LogP contribution is -2.28. The summed E-state index contributed by atoms with van der Waals surface area (Å²) in [4.78, 5) is 47.8. The van der Waals surface area contributed by atoms with Crippen molar-refractivity contribution in [2.75, 3.05) is 40.6 Å². The molecule has 0 saturated heterocycles. The van der Waals surface area contributed by atoms with Gasteiger partial charge in [0.05, 0.1) is 46.1 Å². The Hall–Kier alpha value is -7.08. The van der Waals surface area contributed by atoms with Crippen LogP contribution in [0.1, 0.15) is 49.3 Å². The zero-order valence-electron chi connectivity index (χ0n) is 34.0. The number of rotatable bonds is 20. The van der Waals surface area contributed by atoms with E-state index in [9.17, 15) is 19.2 Å². The molecular formula is C48H48O12. The molecule has 0 aromatic heterocycles. The minimum absolute atomic E-state index is 0.0697. The first kappa shape index (κ1) is 44.0. The Morgan fingerprint density at radius 1 is 0.633 bits per heavy atom. The van der Waals surface area contributed by atoms with Crippen molar-refractivity contribution in [1.82, 2.24) is 0 Å². The van der Waals surface area contributed by atoms with Crippen LogP contribution in [-0.4, -0.2) is 64.9 Å². The molecule has 60 heavy (non-hydrogen) atoms. The SMILES string of the molecule is C=CC(=O)OCCCCOC(=O)OC(/C=C\C(=C)C1(c2ccc(OC(=O)OCCCCOC(=O)C=C)cc2)c2cc(OC)c(OC)cc2-c2cc3ccccc3cc21)=C/C. The molecule has 0 radical (unpaired) electrons. The second kappa shape index (κ2) is 21.1.